The van der Waals surface area contributed by atoms with Gasteiger partial charge < -0.3 is 10.1 Å². The first-order valence-corrected chi connectivity index (χ1v) is 6.54. The first-order valence-electron chi connectivity index (χ1n) is 6.54. The van der Waals surface area contributed by atoms with E-state index in [4.69, 9.17) is 4.74 Å². The molecule has 1 amide bonds. The molecule has 0 unspecified atom stereocenters. The molecule has 0 heterocycles. The van der Waals surface area contributed by atoms with E-state index < -0.39 is 0 Å². The number of hydrogen-bond acceptors (Lipinski definition) is 2. The van der Waals surface area contributed by atoms with Crippen LogP contribution in [0.3, 0.4) is 0 Å². The molecule has 2 rings (SSSR count). The van der Waals surface area contributed by atoms with Crippen LogP contribution >= 0.6 is 0 Å². The standard InChI is InChI=1S/C17H16FNO2/c1-2-17(20)19-11-13-6-8-16(9-7-13)21-12-14-4-3-5-15(18)10-14/h2-10H,1,11-12H2,(H,19,20). The van der Waals surface area contributed by atoms with E-state index in [2.05, 4.69) is 11.9 Å². The Hall–Kier alpha value is -2.62. The molecule has 4 heteroatoms. The maximum absolute atomic E-state index is 13.0. The number of benzene rings is 2. The number of hydrogen-bond donors (Lipinski definition) is 1. The fourth-order valence-electron chi connectivity index (χ4n) is 1.76. The Bertz CT molecular complexity index is 623. The Labute approximate surface area is 123 Å². The molecule has 0 atom stereocenters. The lowest BCUT2D eigenvalue weighted by molar-refractivity contribution is -0.116. The summed E-state index contributed by atoms with van der Waals surface area (Å²) in [5, 5.41) is 2.69. The summed E-state index contributed by atoms with van der Waals surface area (Å²) < 4.78 is 18.6. The largest absolute Gasteiger partial charge is 0.489 e. The van der Waals surface area contributed by atoms with Crippen LogP contribution in [-0.4, -0.2) is 5.91 Å². The quantitative estimate of drug-likeness (QED) is 0.828. The number of ether oxygens (including phenoxy) is 1. The smallest absolute Gasteiger partial charge is 0.243 e. The van der Waals surface area contributed by atoms with E-state index in [1.54, 1.807) is 6.07 Å². The van der Waals surface area contributed by atoms with Gasteiger partial charge in [0.2, 0.25) is 5.91 Å². The number of amides is 1. The Kier molecular flexibility index (Phi) is 5.10. The van der Waals surface area contributed by atoms with Crippen molar-refractivity contribution in [3.63, 3.8) is 0 Å². The lowest BCUT2D eigenvalue weighted by Gasteiger charge is -2.08. The second-order valence-electron chi connectivity index (χ2n) is 4.48. The van der Waals surface area contributed by atoms with E-state index in [0.29, 0.717) is 18.9 Å². The molecule has 0 fully saturated rings. The van der Waals surface area contributed by atoms with Crippen molar-refractivity contribution in [3.8, 4) is 5.75 Å². The van der Waals surface area contributed by atoms with Gasteiger partial charge in [-0.05, 0) is 41.5 Å². The van der Waals surface area contributed by atoms with Crippen molar-refractivity contribution in [1.29, 1.82) is 0 Å². The second kappa shape index (κ2) is 7.24. The van der Waals surface area contributed by atoms with Gasteiger partial charge in [-0.1, -0.05) is 30.8 Å². The number of nitrogens with one attached hydrogen (secondary N) is 1. The predicted octanol–water partition coefficient (Wildman–Crippen LogP) is 3.21. The van der Waals surface area contributed by atoms with E-state index >= 15 is 0 Å². The third-order valence-corrected chi connectivity index (χ3v) is 2.87. The lowest BCUT2D eigenvalue weighted by atomic mass is 10.2. The normalized spacial score (nSPS) is 9.95. The van der Waals surface area contributed by atoms with Crippen LogP contribution in [0.1, 0.15) is 11.1 Å². The first-order chi connectivity index (χ1) is 10.2. The van der Waals surface area contributed by atoms with Crippen molar-refractivity contribution in [1.82, 2.24) is 5.32 Å². The third kappa shape index (κ3) is 4.76. The number of carbonyl (C=O) groups is 1. The average Bonchev–Trinajstić information content (AvgIpc) is 2.51. The molecular formula is C17H16FNO2. The van der Waals surface area contributed by atoms with Gasteiger partial charge in [0.1, 0.15) is 18.2 Å². The van der Waals surface area contributed by atoms with Crippen molar-refractivity contribution in [2.45, 2.75) is 13.2 Å². The van der Waals surface area contributed by atoms with E-state index in [0.717, 1.165) is 11.1 Å². The summed E-state index contributed by atoms with van der Waals surface area (Å²) in [6.07, 6.45) is 1.23. The van der Waals surface area contributed by atoms with Crippen LogP contribution in [0, 0.1) is 5.82 Å². The third-order valence-electron chi connectivity index (χ3n) is 2.87. The van der Waals surface area contributed by atoms with E-state index in [1.165, 1.54) is 18.2 Å². The molecule has 2 aromatic rings. The fourth-order valence-corrected chi connectivity index (χ4v) is 1.76. The lowest BCUT2D eigenvalue weighted by Crippen LogP contribution is -2.19. The highest BCUT2D eigenvalue weighted by Gasteiger charge is 1.99. The highest BCUT2D eigenvalue weighted by atomic mass is 19.1. The molecule has 0 aromatic heterocycles. The van der Waals surface area contributed by atoms with Crippen LogP contribution < -0.4 is 10.1 Å². The van der Waals surface area contributed by atoms with Gasteiger partial charge in [-0.25, -0.2) is 4.39 Å². The molecule has 3 nitrogen and oxygen atoms in total. The molecule has 1 N–H and O–H groups in total. The Morgan fingerprint density at radius 3 is 2.62 bits per heavy atom. The van der Waals surface area contributed by atoms with E-state index in [9.17, 15) is 9.18 Å². The van der Waals surface area contributed by atoms with Gasteiger partial charge in [0.25, 0.3) is 0 Å². The minimum atomic E-state index is -0.274. The molecule has 21 heavy (non-hydrogen) atoms. The Morgan fingerprint density at radius 1 is 1.19 bits per heavy atom. The zero-order valence-corrected chi connectivity index (χ0v) is 11.5. The fraction of sp³-hybridized carbons (Fsp3) is 0.118. The first kappa shape index (κ1) is 14.8. The molecule has 0 aliphatic rings. The summed E-state index contributed by atoms with van der Waals surface area (Å²) in [7, 11) is 0. The summed E-state index contributed by atoms with van der Waals surface area (Å²) >= 11 is 0. The summed E-state index contributed by atoms with van der Waals surface area (Å²) in [4.78, 5) is 11.1. The summed E-state index contributed by atoms with van der Waals surface area (Å²) in [5.41, 5.74) is 1.74. The van der Waals surface area contributed by atoms with E-state index in [-0.39, 0.29) is 11.7 Å². The highest BCUT2D eigenvalue weighted by Crippen LogP contribution is 2.14. The molecule has 0 aliphatic carbocycles. The molecule has 0 aliphatic heterocycles. The van der Waals surface area contributed by atoms with Gasteiger partial charge in [0, 0.05) is 6.54 Å². The van der Waals surface area contributed by atoms with Crippen molar-refractivity contribution >= 4 is 5.91 Å². The molecule has 0 bridgehead atoms. The predicted molar refractivity (Wildman–Crippen MR) is 79.2 cm³/mol. The van der Waals surface area contributed by atoms with Crippen LogP contribution in [-0.2, 0) is 17.9 Å². The topological polar surface area (TPSA) is 38.3 Å². The molecule has 2 aromatic carbocycles. The highest BCUT2D eigenvalue weighted by molar-refractivity contribution is 5.86. The van der Waals surface area contributed by atoms with Gasteiger partial charge >= 0.3 is 0 Å². The average molecular weight is 285 g/mol. The molecule has 0 radical (unpaired) electrons. The maximum atomic E-state index is 13.0. The Balaban J connectivity index is 1.87. The molecule has 0 saturated heterocycles. The van der Waals surface area contributed by atoms with E-state index in [1.807, 2.05) is 30.3 Å². The Morgan fingerprint density at radius 2 is 1.95 bits per heavy atom. The van der Waals surface area contributed by atoms with Crippen molar-refractivity contribution in [2.75, 3.05) is 0 Å². The molecular weight excluding hydrogens is 269 g/mol. The minimum absolute atomic E-state index is 0.207. The number of rotatable bonds is 6. The van der Waals surface area contributed by atoms with Gasteiger partial charge in [-0.3, -0.25) is 4.79 Å². The maximum Gasteiger partial charge on any atom is 0.243 e. The van der Waals surface area contributed by atoms with Gasteiger partial charge in [-0.15, -0.1) is 0 Å². The van der Waals surface area contributed by atoms with Gasteiger partial charge in [-0.2, -0.15) is 0 Å². The van der Waals surface area contributed by atoms with Gasteiger partial charge in [0.05, 0.1) is 0 Å². The van der Waals surface area contributed by atoms with Crippen LogP contribution in [0.5, 0.6) is 5.75 Å². The number of halogens is 1. The second-order valence-corrected chi connectivity index (χ2v) is 4.48. The molecule has 0 spiro atoms. The monoisotopic (exact) mass is 285 g/mol. The van der Waals surface area contributed by atoms with Gasteiger partial charge in [0.15, 0.2) is 0 Å². The molecule has 108 valence electrons. The van der Waals surface area contributed by atoms with Crippen molar-refractivity contribution in [2.24, 2.45) is 0 Å². The van der Waals surface area contributed by atoms with Crippen LogP contribution in [0.4, 0.5) is 4.39 Å². The summed E-state index contributed by atoms with van der Waals surface area (Å²) in [6.45, 7) is 4.14. The SMILES string of the molecule is C=CC(=O)NCc1ccc(OCc2cccc(F)c2)cc1. The number of carbonyl (C=O) groups excluding carboxylic acids is 1. The summed E-state index contributed by atoms with van der Waals surface area (Å²) in [5.74, 6) is 0.212. The van der Waals surface area contributed by atoms with Crippen LogP contribution in [0.2, 0.25) is 0 Å². The zero-order chi connectivity index (χ0) is 15.1. The summed E-state index contributed by atoms with van der Waals surface area (Å²) in [6, 6.07) is 13.7. The minimum Gasteiger partial charge on any atom is -0.489 e. The van der Waals surface area contributed by atoms with Crippen LogP contribution in [0.25, 0.3) is 0 Å². The molecule has 0 saturated carbocycles. The van der Waals surface area contributed by atoms with Crippen LogP contribution in [0.15, 0.2) is 61.2 Å². The zero-order valence-electron chi connectivity index (χ0n) is 11.5. The van der Waals surface area contributed by atoms with Crippen molar-refractivity contribution in [3.05, 3.63) is 78.1 Å². The van der Waals surface area contributed by atoms with Crippen molar-refractivity contribution < 1.29 is 13.9 Å².